The van der Waals surface area contributed by atoms with Crippen LogP contribution in [0.5, 0.6) is 0 Å². The number of aryl methyl sites for hydroxylation is 1. The van der Waals surface area contributed by atoms with E-state index in [9.17, 15) is 18.0 Å². The number of alkyl halides is 3. The zero-order chi connectivity index (χ0) is 23.9. The molecular weight excluding hydrogens is 445 g/mol. The number of amides is 2. The van der Waals surface area contributed by atoms with Crippen LogP contribution in [0.2, 0.25) is 0 Å². The van der Waals surface area contributed by atoms with Crippen LogP contribution in [-0.4, -0.2) is 26.8 Å². The number of hydrogen-bond acceptors (Lipinski definition) is 4. The summed E-state index contributed by atoms with van der Waals surface area (Å²) in [4.78, 5) is 16.9. The summed E-state index contributed by atoms with van der Waals surface area (Å²) in [6, 6.07) is 11.4. The largest absolute Gasteiger partial charge is 0.416 e. The highest BCUT2D eigenvalue weighted by atomic mass is 19.4. The molecule has 2 aromatic carbocycles. The molecule has 10 heteroatoms. The molecule has 0 atom stereocenters. The third-order valence-electron chi connectivity index (χ3n) is 5.60. The van der Waals surface area contributed by atoms with E-state index in [4.69, 9.17) is 0 Å². The van der Waals surface area contributed by atoms with Gasteiger partial charge in [0.05, 0.1) is 11.8 Å². The quantitative estimate of drug-likeness (QED) is 0.343. The fourth-order valence-electron chi connectivity index (χ4n) is 3.73. The summed E-state index contributed by atoms with van der Waals surface area (Å²) in [5.74, 6) is 0.811. The van der Waals surface area contributed by atoms with Crippen molar-refractivity contribution >= 4 is 34.1 Å². The number of nitrogens with one attached hydrogen (secondary N) is 3. The van der Waals surface area contributed by atoms with Crippen LogP contribution in [0, 0.1) is 0 Å². The van der Waals surface area contributed by atoms with Gasteiger partial charge >= 0.3 is 12.2 Å². The fourth-order valence-corrected chi connectivity index (χ4v) is 3.73. The van der Waals surface area contributed by atoms with E-state index in [2.05, 4.69) is 26.0 Å². The number of halogens is 3. The molecule has 2 aromatic heterocycles. The molecule has 34 heavy (non-hydrogen) atoms. The molecule has 0 spiro atoms. The lowest BCUT2D eigenvalue weighted by Gasteiger charge is -2.12. The smallest absolute Gasteiger partial charge is 0.366 e. The average molecular weight is 466 g/mol. The van der Waals surface area contributed by atoms with E-state index < -0.39 is 17.8 Å². The van der Waals surface area contributed by atoms with E-state index in [1.54, 1.807) is 29.2 Å². The van der Waals surface area contributed by atoms with Gasteiger partial charge in [0.15, 0.2) is 5.82 Å². The molecule has 1 aliphatic rings. The Hall–Kier alpha value is -4.08. The predicted octanol–water partition coefficient (Wildman–Crippen LogP) is 5.87. The molecule has 0 radical (unpaired) electrons. The van der Waals surface area contributed by atoms with Gasteiger partial charge in [-0.1, -0.05) is 18.2 Å². The summed E-state index contributed by atoms with van der Waals surface area (Å²) in [7, 11) is 1.88. The van der Waals surface area contributed by atoms with Gasteiger partial charge < -0.3 is 16.0 Å². The van der Waals surface area contributed by atoms with Gasteiger partial charge in [-0.3, -0.25) is 4.68 Å². The van der Waals surface area contributed by atoms with Crippen molar-refractivity contribution in [2.45, 2.75) is 25.1 Å². The highest BCUT2D eigenvalue weighted by Crippen LogP contribution is 2.34. The second-order valence-corrected chi connectivity index (χ2v) is 8.20. The van der Waals surface area contributed by atoms with Gasteiger partial charge in [0, 0.05) is 41.6 Å². The molecule has 5 rings (SSSR count). The minimum atomic E-state index is -4.48. The molecule has 7 nitrogen and oxygen atoms in total. The first-order valence-electron chi connectivity index (χ1n) is 10.7. The Bertz CT molecular complexity index is 1360. The van der Waals surface area contributed by atoms with Crippen molar-refractivity contribution in [3.05, 3.63) is 66.5 Å². The number of carbonyl (C=O) groups is 1. The molecule has 2 amide bonds. The van der Waals surface area contributed by atoms with Gasteiger partial charge in [0.25, 0.3) is 0 Å². The van der Waals surface area contributed by atoms with Crippen LogP contribution < -0.4 is 16.0 Å². The maximum Gasteiger partial charge on any atom is 0.416 e. The van der Waals surface area contributed by atoms with E-state index in [0.717, 1.165) is 52.8 Å². The third-order valence-corrected chi connectivity index (χ3v) is 5.60. The summed E-state index contributed by atoms with van der Waals surface area (Å²) < 4.78 is 40.4. The molecule has 4 aromatic rings. The Kier molecular flexibility index (Phi) is 5.35. The number of anilines is 3. The van der Waals surface area contributed by atoms with Crippen LogP contribution in [0.15, 0.2) is 60.9 Å². The summed E-state index contributed by atoms with van der Waals surface area (Å²) >= 11 is 0. The highest BCUT2D eigenvalue weighted by molar-refractivity contribution is 6.01. The number of urea groups is 1. The molecule has 0 unspecified atom stereocenters. The molecule has 0 saturated heterocycles. The Morgan fingerprint density at radius 3 is 2.47 bits per heavy atom. The average Bonchev–Trinajstić information content (AvgIpc) is 3.53. The van der Waals surface area contributed by atoms with Crippen LogP contribution in [0.1, 0.15) is 18.4 Å². The summed E-state index contributed by atoms with van der Waals surface area (Å²) in [6.45, 7) is 0. The van der Waals surface area contributed by atoms with Crippen LogP contribution >= 0.6 is 0 Å². The second kappa shape index (κ2) is 8.36. The first-order chi connectivity index (χ1) is 16.3. The molecule has 1 fully saturated rings. The lowest BCUT2D eigenvalue weighted by Crippen LogP contribution is -2.19. The standard InChI is InChI=1S/C24H21F3N6O/c1-33-21-20(13-29-33)19(12-28-22(21)30-16-9-10-16)14-5-7-17(8-6-14)31-23(34)32-18-4-2-3-15(11-18)24(25,26)27/h2-8,11-13,16H,9-10H2,1H3,(H,28,30)(H2,31,32,34). The number of rotatable bonds is 5. The zero-order valence-corrected chi connectivity index (χ0v) is 18.1. The van der Waals surface area contributed by atoms with Crippen molar-refractivity contribution in [2.24, 2.45) is 7.05 Å². The predicted molar refractivity (Wildman–Crippen MR) is 125 cm³/mol. The summed E-state index contributed by atoms with van der Waals surface area (Å²) in [5.41, 5.74) is 2.44. The molecule has 0 bridgehead atoms. The molecule has 0 aliphatic heterocycles. The maximum absolute atomic E-state index is 12.9. The minimum Gasteiger partial charge on any atom is -0.366 e. The zero-order valence-electron chi connectivity index (χ0n) is 18.1. The Labute approximate surface area is 193 Å². The molecule has 1 aliphatic carbocycles. The first kappa shape index (κ1) is 21.7. The molecule has 1 saturated carbocycles. The Balaban J connectivity index is 1.32. The number of benzene rings is 2. The SMILES string of the molecule is Cn1ncc2c(-c3ccc(NC(=O)Nc4cccc(C(F)(F)F)c4)cc3)cnc(NC3CC3)c21. The summed E-state index contributed by atoms with van der Waals surface area (Å²) in [5, 5.41) is 13.8. The fraction of sp³-hybridized carbons (Fsp3) is 0.208. The van der Waals surface area contributed by atoms with Gasteiger partial charge in [-0.25, -0.2) is 9.78 Å². The van der Waals surface area contributed by atoms with Gasteiger partial charge in [-0.05, 0) is 48.7 Å². The van der Waals surface area contributed by atoms with E-state index in [1.165, 1.54) is 12.1 Å². The number of nitrogens with zero attached hydrogens (tertiary/aromatic N) is 3. The molecule has 3 N–H and O–H groups in total. The van der Waals surface area contributed by atoms with Gasteiger partial charge in [-0.2, -0.15) is 18.3 Å². The topological polar surface area (TPSA) is 83.9 Å². The molecular formula is C24H21F3N6O. The molecule has 2 heterocycles. The van der Waals surface area contributed by atoms with E-state index in [0.29, 0.717) is 11.7 Å². The second-order valence-electron chi connectivity index (χ2n) is 8.20. The summed E-state index contributed by atoms with van der Waals surface area (Å²) in [6.07, 6.45) is 1.40. The van der Waals surface area contributed by atoms with Crippen LogP contribution in [0.25, 0.3) is 22.0 Å². The van der Waals surface area contributed by atoms with Crippen molar-refractivity contribution < 1.29 is 18.0 Å². The van der Waals surface area contributed by atoms with Gasteiger partial charge in [-0.15, -0.1) is 0 Å². The normalized spacial score (nSPS) is 13.6. The number of fused-ring (bicyclic) bond motifs is 1. The Morgan fingerprint density at radius 2 is 1.76 bits per heavy atom. The number of hydrogen-bond donors (Lipinski definition) is 3. The Morgan fingerprint density at radius 1 is 1.03 bits per heavy atom. The van der Waals surface area contributed by atoms with Crippen LogP contribution in [-0.2, 0) is 13.2 Å². The first-order valence-corrected chi connectivity index (χ1v) is 10.7. The highest BCUT2D eigenvalue weighted by Gasteiger charge is 2.30. The number of aromatic nitrogens is 3. The molecule has 174 valence electrons. The minimum absolute atomic E-state index is 0.0499. The van der Waals surface area contributed by atoms with E-state index in [1.807, 2.05) is 19.2 Å². The maximum atomic E-state index is 12.9. The van der Waals surface area contributed by atoms with Crippen LogP contribution in [0.4, 0.5) is 35.2 Å². The van der Waals surface area contributed by atoms with Gasteiger partial charge in [0.1, 0.15) is 5.52 Å². The van der Waals surface area contributed by atoms with Crippen molar-refractivity contribution in [1.82, 2.24) is 14.8 Å². The van der Waals surface area contributed by atoms with Crippen molar-refractivity contribution in [2.75, 3.05) is 16.0 Å². The van der Waals surface area contributed by atoms with Crippen molar-refractivity contribution in [3.8, 4) is 11.1 Å². The third kappa shape index (κ3) is 4.52. The van der Waals surface area contributed by atoms with Gasteiger partial charge in [0.2, 0.25) is 0 Å². The number of pyridine rings is 1. The van der Waals surface area contributed by atoms with Crippen molar-refractivity contribution in [3.63, 3.8) is 0 Å². The van der Waals surface area contributed by atoms with E-state index in [-0.39, 0.29) is 5.69 Å². The lowest BCUT2D eigenvalue weighted by atomic mass is 10.0. The van der Waals surface area contributed by atoms with Crippen molar-refractivity contribution in [1.29, 1.82) is 0 Å². The van der Waals surface area contributed by atoms with Crippen LogP contribution in [0.3, 0.4) is 0 Å². The lowest BCUT2D eigenvalue weighted by molar-refractivity contribution is -0.137. The monoisotopic (exact) mass is 466 g/mol. The van der Waals surface area contributed by atoms with E-state index >= 15 is 0 Å². The number of carbonyl (C=O) groups excluding carboxylic acids is 1.